The number of anilines is 2. The van der Waals surface area contributed by atoms with Gasteiger partial charge in [0, 0.05) is 6.07 Å². The summed E-state index contributed by atoms with van der Waals surface area (Å²) in [6, 6.07) is 12.8. The van der Waals surface area contributed by atoms with E-state index >= 15 is 0 Å². The number of halogens is 1. The van der Waals surface area contributed by atoms with Crippen molar-refractivity contribution in [1.29, 1.82) is 0 Å². The number of nitrogens with zero attached hydrogens (tertiary/aromatic N) is 2. The average molecular weight is 499 g/mol. The number of benzene rings is 2. The Balaban J connectivity index is 1.75. The molecule has 1 aliphatic heterocycles. The zero-order valence-electron chi connectivity index (χ0n) is 19.5. The number of hydrogen-bond donors (Lipinski definition) is 1. The summed E-state index contributed by atoms with van der Waals surface area (Å²) in [4.78, 5) is 27.7. The monoisotopic (exact) mass is 498 g/mol. The lowest BCUT2D eigenvalue weighted by Gasteiger charge is -2.19. The third kappa shape index (κ3) is 4.08. The van der Waals surface area contributed by atoms with Gasteiger partial charge in [0.15, 0.2) is 0 Å². The molecule has 2 heterocycles. The van der Waals surface area contributed by atoms with Crippen LogP contribution < -0.4 is 14.2 Å². The molecule has 2 aromatic carbocycles. The van der Waals surface area contributed by atoms with Gasteiger partial charge in [-0.1, -0.05) is 44.5 Å². The van der Waals surface area contributed by atoms with E-state index in [4.69, 9.17) is 11.6 Å². The fourth-order valence-corrected chi connectivity index (χ4v) is 5.24. The molecule has 176 valence electrons. The van der Waals surface area contributed by atoms with E-state index in [2.05, 4.69) is 4.72 Å². The van der Waals surface area contributed by atoms with Gasteiger partial charge in [0.1, 0.15) is 11.1 Å². The smallest absolute Gasteiger partial charge is 0.279 e. The third-order valence-corrected chi connectivity index (χ3v) is 7.44. The number of nitrogens with one attached hydrogen (secondary N) is 1. The van der Waals surface area contributed by atoms with Crippen molar-refractivity contribution < 1.29 is 22.6 Å². The van der Waals surface area contributed by atoms with Gasteiger partial charge in [0.2, 0.25) is 0 Å². The van der Waals surface area contributed by atoms with Crippen LogP contribution in [0.2, 0.25) is 5.02 Å². The quantitative estimate of drug-likeness (QED) is 0.427. The number of pyridine rings is 1. The maximum absolute atomic E-state index is 13.4. The van der Waals surface area contributed by atoms with Crippen LogP contribution in [-0.4, -0.2) is 20.2 Å². The zero-order valence-corrected chi connectivity index (χ0v) is 21.1. The van der Waals surface area contributed by atoms with Crippen LogP contribution in [-0.2, 0) is 22.5 Å². The Morgan fingerprint density at radius 2 is 1.53 bits per heavy atom. The Morgan fingerprint density at radius 1 is 0.912 bits per heavy atom. The molecular formula is C25H25ClN3O4S+. The van der Waals surface area contributed by atoms with E-state index in [1.165, 1.54) is 24.3 Å². The molecule has 1 N–H and O–H groups in total. The van der Waals surface area contributed by atoms with Crippen LogP contribution in [0.5, 0.6) is 0 Å². The van der Waals surface area contributed by atoms with Gasteiger partial charge in [-0.3, -0.25) is 4.72 Å². The summed E-state index contributed by atoms with van der Waals surface area (Å²) < 4.78 is 30.4. The standard InChI is InChI=1S/C25H24ClN3O4S/c1-15-6-13-20(28(5)14-15)29-23(30)21-18(26)11-12-19(22(21)24(29)31)27-34(32,33)17-9-7-16(8-10-17)25(2,3)4/h6-14H,1-5H3/p+1. The zero-order chi connectivity index (χ0) is 25.0. The second-order valence-corrected chi connectivity index (χ2v) is 11.4. The minimum absolute atomic E-state index is 0.00471. The second kappa shape index (κ2) is 8.21. The molecule has 0 fully saturated rings. The lowest BCUT2D eigenvalue weighted by molar-refractivity contribution is -0.658. The Labute approximate surface area is 204 Å². The molecule has 0 bridgehead atoms. The highest BCUT2D eigenvalue weighted by Crippen LogP contribution is 2.37. The van der Waals surface area contributed by atoms with Crippen molar-refractivity contribution in [3.63, 3.8) is 0 Å². The first-order chi connectivity index (χ1) is 15.8. The summed E-state index contributed by atoms with van der Waals surface area (Å²) in [6.45, 7) is 8.00. The van der Waals surface area contributed by atoms with E-state index in [1.54, 1.807) is 42.1 Å². The van der Waals surface area contributed by atoms with E-state index in [0.29, 0.717) is 5.82 Å². The summed E-state index contributed by atoms with van der Waals surface area (Å²) in [5.41, 5.74) is 1.70. The Kier molecular flexibility index (Phi) is 5.78. The Hall–Kier alpha value is -3.23. The number of fused-ring (bicyclic) bond motifs is 1. The first kappa shape index (κ1) is 23.9. The molecule has 0 atom stereocenters. The molecule has 0 saturated carbocycles. The number of carbonyl (C=O) groups excluding carboxylic acids is 2. The van der Waals surface area contributed by atoms with E-state index in [9.17, 15) is 18.0 Å². The minimum Gasteiger partial charge on any atom is -0.279 e. The summed E-state index contributed by atoms with van der Waals surface area (Å²) in [7, 11) is -2.31. The highest BCUT2D eigenvalue weighted by atomic mass is 35.5. The lowest BCUT2D eigenvalue weighted by Crippen LogP contribution is -2.42. The van der Waals surface area contributed by atoms with Crippen molar-refractivity contribution in [2.24, 2.45) is 7.05 Å². The van der Waals surface area contributed by atoms with Gasteiger partial charge in [-0.15, -0.1) is 4.90 Å². The summed E-state index contributed by atoms with van der Waals surface area (Å²) >= 11 is 6.28. The van der Waals surface area contributed by atoms with Gasteiger partial charge in [-0.25, -0.2) is 22.6 Å². The minimum atomic E-state index is -4.03. The number of imide groups is 1. The lowest BCUT2D eigenvalue weighted by atomic mass is 9.87. The molecule has 0 saturated heterocycles. The number of carbonyl (C=O) groups is 2. The van der Waals surface area contributed by atoms with Crippen LogP contribution in [0.25, 0.3) is 0 Å². The molecule has 7 nitrogen and oxygen atoms in total. The molecule has 1 aliphatic rings. The van der Waals surface area contributed by atoms with Crippen molar-refractivity contribution in [2.45, 2.75) is 38.0 Å². The van der Waals surface area contributed by atoms with Crippen LogP contribution in [0.3, 0.4) is 0 Å². The van der Waals surface area contributed by atoms with Gasteiger partial charge >= 0.3 is 11.8 Å². The van der Waals surface area contributed by atoms with Crippen molar-refractivity contribution in [3.05, 3.63) is 82.0 Å². The van der Waals surface area contributed by atoms with Gasteiger partial charge < -0.3 is 0 Å². The van der Waals surface area contributed by atoms with E-state index in [1.807, 2.05) is 27.7 Å². The topological polar surface area (TPSA) is 87.4 Å². The fraction of sp³-hybridized carbons (Fsp3) is 0.240. The summed E-state index contributed by atoms with van der Waals surface area (Å²) in [6.07, 6.45) is 1.78. The SMILES string of the molecule is Cc1ccc(N2C(=O)c3c(Cl)ccc(NS(=O)(=O)c4ccc(C(C)(C)C)cc4)c3C2=O)[n+](C)c1. The maximum Gasteiger partial charge on any atom is 0.352 e. The molecule has 0 unspecified atom stereocenters. The highest BCUT2D eigenvalue weighted by molar-refractivity contribution is 7.92. The van der Waals surface area contributed by atoms with Crippen molar-refractivity contribution >= 4 is 44.9 Å². The van der Waals surface area contributed by atoms with Crippen LogP contribution >= 0.6 is 11.6 Å². The van der Waals surface area contributed by atoms with E-state index in [0.717, 1.165) is 16.0 Å². The normalized spacial score (nSPS) is 13.9. The number of rotatable bonds is 4. The number of amides is 2. The molecule has 2 amide bonds. The van der Waals surface area contributed by atoms with Gasteiger partial charge in [0.05, 0.1) is 28.9 Å². The third-order valence-electron chi connectivity index (χ3n) is 5.75. The number of aryl methyl sites for hydroxylation is 2. The molecule has 3 aromatic rings. The summed E-state index contributed by atoms with van der Waals surface area (Å²) in [5, 5.41) is 0.0723. The average Bonchev–Trinajstić information content (AvgIpc) is 3.01. The Bertz CT molecular complexity index is 1440. The molecule has 4 rings (SSSR count). The van der Waals surface area contributed by atoms with Gasteiger partial charge in [-0.05, 0) is 53.8 Å². The molecule has 0 spiro atoms. The van der Waals surface area contributed by atoms with Crippen LogP contribution in [0.15, 0.2) is 59.6 Å². The number of hydrogen-bond acceptors (Lipinski definition) is 4. The predicted molar refractivity (Wildman–Crippen MR) is 131 cm³/mol. The van der Waals surface area contributed by atoms with Crippen molar-refractivity contribution in [3.8, 4) is 0 Å². The van der Waals surface area contributed by atoms with Crippen LogP contribution in [0.4, 0.5) is 11.5 Å². The number of sulfonamides is 1. The van der Waals surface area contributed by atoms with Gasteiger partial charge in [0.25, 0.3) is 15.8 Å². The fourth-order valence-electron chi connectivity index (χ4n) is 3.93. The molecule has 9 heteroatoms. The summed E-state index contributed by atoms with van der Waals surface area (Å²) in [5.74, 6) is -0.915. The maximum atomic E-state index is 13.4. The van der Waals surface area contributed by atoms with Gasteiger partial charge in [-0.2, -0.15) is 0 Å². The largest absolute Gasteiger partial charge is 0.352 e. The Morgan fingerprint density at radius 3 is 2.12 bits per heavy atom. The highest BCUT2D eigenvalue weighted by Gasteiger charge is 2.48. The van der Waals surface area contributed by atoms with E-state index < -0.39 is 21.8 Å². The first-order valence-electron chi connectivity index (χ1n) is 10.6. The van der Waals surface area contributed by atoms with Crippen LogP contribution in [0.1, 0.15) is 52.6 Å². The second-order valence-electron chi connectivity index (χ2n) is 9.35. The molecule has 34 heavy (non-hydrogen) atoms. The van der Waals surface area contributed by atoms with E-state index in [-0.39, 0.29) is 32.1 Å². The molecule has 0 aliphatic carbocycles. The molecular weight excluding hydrogens is 474 g/mol. The van der Waals surface area contributed by atoms with Crippen molar-refractivity contribution in [2.75, 3.05) is 9.62 Å². The van der Waals surface area contributed by atoms with Crippen LogP contribution in [0, 0.1) is 6.92 Å². The number of aromatic nitrogens is 1. The van der Waals surface area contributed by atoms with Crippen molar-refractivity contribution in [1.82, 2.24) is 0 Å². The first-order valence-corrected chi connectivity index (χ1v) is 12.5. The molecule has 1 aromatic heterocycles. The predicted octanol–water partition coefficient (Wildman–Crippen LogP) is 4.37. The molecule has 0 radical (unpaired) electrons.